The molecular weight excluding hydrogens is 317 g/mol. The second kappa shape index (κ2) is 5.82. The number of halogens is 2. The molecule has 124 valence electrons. The average Bonchev–Trinajstić information content (AvgIpc) is 2.71. The second-order valence-electron chi connectivity index (χ2n) is 7.21. The Labute approximate surface area is 141 Å². The van der Waals surface area contributed by atoms with Crippen molar-refractivity contribution in [3.63, 3.8) is 0 Å². The zero-order chi connectivity index (χ0) is 16.8. The number of carbonyl (C=O) groups is 1. The number of benzene rings is 1. The van der Waals surface area contributed by atoms with Crippen LogP contribution in [0.4, 0.5) is 9.18 Å². The van der Waals surface area contributed by atoms with Crippen LogP contribution in [0.1, 0.15) is 45.6 Å². The van der Waals surface area contributed by atoms with Gasteiger partial charge in [0.2, 0.25) is 0 Å². The molecule has 0 N–H and O–H groups in total. The van der Waals surface area contributed by atoms with E-state index >= 15 is 0 Å². The van der Waals surface area contributed by atoms with E-state index in [1.807, 2.05) is 31.7 Å². The molecule has 1 amide bonds. The van der Waals surface area contributed by atoms with Crippen LogP contribution >= 0.6 is 11.6 Å². The minimum Gasteiger partial charge on any atom is -0.444 e. The SMILES string of the molecule is CC(C)(C)OC(=O)N1C2C=C(c3ccc(Cl)c(F)c3)CC1CC2. The molecular formula is C18H21ClFNO2. The fourth-order valence-corrected chi connectivity index (χ4v) is 3.46. The average molecular weight is 338 g/mol. The number of rotatable bonds is 1. The molecule has 3 nitrogen and oxygen atoms in total. The monoisotopic (exact) mass is 337 g/mol. The van der Waals surface area contributed by atoms with E-state index in [-0.39, 0.29) is 23.2 Å². The minimum absolute atomic E-state index is 0.0253. The number of hydrogen-bond donors (Lipinski definition) is 0. The van der Waals surface area contributed by atoms with Crippen molar-refractivity contribution < 1.29 is 13.9 Å². The van der Waals surface area contributed by atoms with Gasteiger partial charge in [-0.15, -0.1) is 0 Å². The molecule has 1 aromatic rings. The molecule has 2 aliphatic rings. The van der Waals surface area contributed by atoms with Gasteiger partial charge in [-0.3, -0.25) is 4.90 Å². The molecule has 23 heavy (non-hydrogen) atoms. The summed E-state index contributed by atoms with van der Waals surface area (Å²) in [6.45, 7) is 5.61. The van der Waals surface area contributed by atoms with Gasteiger partial charge in [-0.25, -0.2) is 9.18 Å². The van der Waals surface area contributed by atoms with Crippen LogP contribution in [0.2, 0.25) is 5.02 Å². The van der Waals surface area contributed by atoms with Crippen LogP contribution in [-0.2, 0) is 4.74 Å². The third kappa shape index (κ3) is 3.37. The number of fused-ring (bicyclic) bond motifs is 2. The van der Waals surface area contributed by atoms with Crippen LogP contribution in [0.25, 0.3) is 5.57 Å². The Morgan fingerprint density at radius 2 is 2.09 bits per heavy atom. The van der Waals surface area contributed by atoms with Crippen molar-refractivity contribution in [2.45, 2.75) is 57.7 Å². The van der Waals surface area contributed by atoms with Crippen molar-refractivity contribution in [3.8, 4) is 0 Å². The van der Waals surface area contributed by atoms with Crippen LogP contribution in [0.15, 0.2) is 24.3 Å². The van der Waals surface area contributed by atoms with Gasteiger partial charge >= 0.3 is 6.09 Å². The molecule has 2 aliphatic heterocycles. The van der Waals surface area contributed by atoms with Crippen molar-refractivity contribution in [1.82, 2.24) is 4.90 Å². The van der Waals surface area contributed by atoms with Gasteiger partial charge in [0.15, 0.2) is 0 Å². The van der Waals surface area contributed by atoms with Gasteiger partial charge in [0.25, 0.3) is 0 Å². The van der Waals surface area contributed by atoms with Crippen molar-refractivity contribution in [2.75, 3.05) is 0 Å². The first-order valence-corrected chi connectivity index (χ1v) is 8.30. The zero-order valence-corrected chi connectivity index (χ0v) is 14.4. The highest BCUT2D eigenvalue weighted by molar-refractivity contribution is 6.30. The molecule has 2 heterocycles. The lowest BCUT2D eigenvalue weighted by molar-refractivity contribution is 0.0175. The quantitative estimate of drug-likeness (QED) is 0.719. The van der Waals surface area contributed by atoms with E-state index in [1.165, 1.54) is 6.07 Å². The third-order valence-electron chi connectivity index (χ3n) is 4.29. The second-order valence-corrected chi connectivity index (χ2v) is 7.62. The highest BCUT2D eigenvalue weighted by Gasteiger charge is 2.41. The van der Waals surface area contributed by atoms with Gasteiger partial charge < -0.3 is 4.74 Å². The number of ether oxygens (including phenoxy) is 1. The van der Waals surface area contributed by atoms with Crippen molar-refractivity contribution in [1.29, 1.82) is 0 Å². The number of nitrogens with zero attached hydrogens (tertiary/aromatic N) is 1. The van der Waals surface area contributed by atoms with Gasteiger partial charge in [-0.05, 0) is 63.3 Å². The maximum absolute atomic E-state index is 13.7. The van der Waals surface area contributed by atoms with E-state index in [9.17, 15) is 9.18 Å². The third-order valence-corrected chi connectivity index (χ3v) is 4.60. The summed E-state index contributed by atoms with van der Waals surface area (Å²) in [7, 11) is 0. The topological polar surface area (TPSA) is 29.5 Å². The first-order valence-electron chi connectivity index (χ1n) is 7.92. The molecule has 2 bridgehead atoms. The van der Waals surface area contributed by atoms with Crippen LogP contribution in [-0.4, -0.2) is 28.7 Å². The molecule has 2 atom stereocenters. The standard InChI is InChI=1S/C18H21ClFNO2/c1-18(2,3)23-17(22)21-13-5-6-14(21)9-12(8-13)11-4-7-15(19)16(20)10-11/h4,7-8,10,13-14H,5-6,9H2,1-3H3. The normalized spacial score (nSPS) is 23.7. The van der Waals surface area contributed by atoms with Crippen LogP contribution in [0, 0.1) is 5.82 Å². The molecule has 0 aromatic heterocycles. The van der Waals surface area contributed by atoms with Gasteiger partial charge in [-0.2, -0.15) is 0 Å². The van der Waals surface area contributed by atoms with Crippen LogP contribution < -0.4 is 0 Å². The molecule has 0 spiro atoms. The van der Waals surface area contributed by atoms with Gasteiger partial charge in [0.1, 0.15) is 11.4 Å². The Kier molecular flexibility index (Phi) is 4.13. The summed E-state index contributed by atoms with van der Waals surface area (Å²) < 4.78 is 19.2. The predicted octanol–water partition coefficient (Wildman–Crippen LogP) is 5.03. The van der Waals surface area contributed by atoms with Crippen molar-refractivity contribution in [2.24, 2.45) is 0 Å². The molecule has 3 rings (SSSR count). The van der Waals surface area contributed by atoms with E-state index in [2.05, 4.69) is 6.08 Å². The number of carbonyl (C=O) groups excluding carboxylic acids is 1. The minimum atomic E-state index is -0.500. The first-order chi connectivity index (χ1) is 10.7. The smallest absolute Gasteiger partial charge is 0.411 e. The Morgan fingerprint density at radius 3 is 2.70 bits per heavy atom. The van der Waals surface area contributed by atoms with E-state index in [0.717, 1.165) is 30.4 Å². The zero-order valence-electron chi connectivity index (χ0n) is 13.6. The largest absolute Gasteiger partial charge is 0.444 e. The van der Waals surface area contributed by atoms with Crippen molar-refractivity contribution in [3.05, 3.63) is 40.7 Å². The van der Waals surface area contributed by atoms with Crippen LogP contribution in [0.5, 0.6) is 0 Å². The summed E-state index contributed by atoms with van der Waals surface area (Å²) in [4.78, 5) is 14.2. The van der Waals surface area contributed by atoms with Gasteiger partial charge in [0.05, 0.1) is 11.1 Å². The summed E-state index contributed by atoms with van der Waals surface area (Å²) in [5.74, 6) is -0.410. The van der Waals surface area contributed by atoms with E-state index in [1.54, 1.807) is 6.07 Å². The fraction of sp³-hybridized carbons (Fsp3) is 0.500. The molecule has 2 unspecified atom stereocenters. The molecule has 0 saturated carbocycles. The summed E-state index contributed by atoms with van der Waals surface area (Å²) in [5, 5.41) is 0.128. The molecule has 0 aliphatic carbocycles. The highest BCUT2D eigenvalue weighted by Crippen LogP contribution is 2.39. The van der Waals surface area contributed by atoms with Gasteiger partial charge in [-0.1, -0.05) is 23.7 Å². The maximum Gasteiger partial charge on any atom is 0.411 e. The lowest BCUT2D eigenvalue weighted by atomic mass is 9.95. The fourth-order valence-electron chi connectivity index (χ4n) is 3.34. The molecule has 1 fully saturated rings. The lowest BCUT2D eigenvalue weighted by Gasteiger charge is -2.35. The molecule has 5 heteroatoms. The lowest BCUT2D eigenvalue weighted by Crippen LogP contribution is -2.45. The Morgan fingerprint density at radius 1 is 1.35 bits per heavy atom. The highest BCUT2D eigenvalue weighted by atomic mass is 35.5. The molecule has 1 aromatic carbocycles. The number of amides is 1. The summed E-state index contributed by atoms with van der Waals surface area (Å²) in [6, 6.07) is 5.03. The maximum atomic E-state index is 13.7. The first kappa shape index (κ1) is 16.3. The molecule has 1 saturated heterocycles. The summed E-state index contributed by atoms with van der Waals surface area (Å²) in [5.41, 5.74) is 1.42. The van der Waals surface area contributed by atoms with Crippen molar-refractivity contribution >= 4 is 23.3 Å². The van der Waals surface area contributed by atoms with E-state index < -0.39 is 11.4 Å². The van der Waals surface area contributed by atoms with E-state index in [4.69, 9.17) is 16.3 Å². The Hall–Kier alpha value is -1.55. The predicted molar refractivity (Wildman–Crippen MR) is 88.9 cm³/mol. The summed E-state index contributed by atoms with van der Waals surface area (Å²) in [6.07, 6.45) is 4.39. The summed E-state index contributed by atoms with van der Waals surface area (Å²) >= 11 is 5.75. The Balaban J connectivity index is 1.83. The Bertz CT molecular complexity index is 665. The van der Waals surface area contributed by atoms with Gasteiger partial charge in [0, 0.05) is 6.04 Å². The number of hydrogen-bond acceptors (Lipinski definition) is 2. The molecule has 0 radical (unpaired) electrons. The van der Waals surface area contributed by atoms with E-state index in [0.29, 0.717) is 0 Å². The van der Waals surface area contributed by atoms with Crippen LogP contribution in [0.3, 0.4) is 0 Å².